The highest BCUT2D eigenvalue weighted by molar-refractivity contribution is 9.08. The van der Waals surface area contributed by atoms with Gasteiger partial charge in [0.05, 0.1) is 5.69 Å². The lowest BCUT2D eigenvalue weighted by Crippen LogP contribution is -2.13. The van der Waals surface area contributed by atoms with Gasteiger partial charge in [0.1, 0.15) is 0 Å². The van der Waals surface area contributed by atoms with E-state index in [0.29, 0.717) is 0 Å². The Kier molecular flexibility index (Phi) is 2.59. The number of hydrogen-bond donors (Lipinski definition) is 1. The van der Waals surface area contributed by atoms with Crippen LogP contribution >= 0.6 is 15.9 Å². The van der Waals surface area contributed by atoms with Crippen LogP contribution in [0, 0.1) is 0 Å². The fraction of sp³-hybridized carbons (Fsp3) is 0.750. The number of halogens is 1. The van der Waals surface area contributed by atoms with Gasteiger partial charge in [-0.05, 0) is 25.7 Å². The largest absolute Gasteiger partial charge is 0.282 e. The van der Waals surface area contributed by atoms with Crippen LogP contribution in [0.4, 0.5) is 0 Å². The molecule has 0 atom stereocenters. The summed E-state index contributed by atoms with van der Waals surface area (Å²) in [4.78, 5) is 0. The summed E-state index contributed by atoms with van der Waals surface area (Å²) in [6, 6.07) is 0. The number of nitrogens with one attached hydrogen (secondary N) is 1. The van der Waals surface area contributed by atoms with E-state index in [1.807, 2.05) is 0 Å². The Labute approximate surface area is 99.0 Å². The maximum atomic E-state index is 4.56. The van der Waals surface area contributed by atoms with E-state index >= 15 is 0 Å². The molecular formula is C12H17BrN2. The minimum Gasteiger partial charge on any atom is -0.282 e. The average Bonchev–Trinajstić information content (AvgIpc) is 2.43. The van der Waals surface area contributed by atoms with Gasteiger partial charge in [0.15, 0.2) is 0 Å². The standard InChI is InChI=1S/C12H17BrN2/c13-7-10-11(8-3-1-4-8)14-15-12(10)9-5-2-6-9/h8-9H,1-7H2,(H,14,15). The summed E-state index contributed by atoms with van der Waals surface area (Å²) < 4.78 is 0. The van der Waals surface area contributed by atoms with Crippen molar-refractivity contribution in [2.45, 2.75) is 55.7 Å². The van der Waals surface area contributed by atoms with Crippen molar-refractivity contribution in [2.24, 2.45) is 0 Å². The molecule has 1 heterocycles. The van der Waals surface area contributed by atoms with Crippen LogP contribution in [0.3, 0.4) is 0 Å². The zero-order valence-corrected chi connectivity index (χ0v) is 10.5. The van der Waals surface area contributed by atoms with E-state index in [2.05, 4.69) is 26.1 Å². The Hall–Kier alpha value is -0.310. The van der Waals surface area contributed by atoms with Gasteiger partial charge in [-0.3, -0.25) is 5.10 Å². The lowest BCUT2D eigenvalue weighted by molar-refractivity contribution is 0.407. The Bertz CT molecular complexity index is 319. The molecule has 0 bridgehead atoms. The van der Waals surface area contributed by atoms with Crippen molar-refractivity contribution in [1.29, 1.82) is 0 Å². The number of aromatic amines is 1. The van der Waals surface area contributed by atoms with E-state index in [1.165, 1.54) is 55.5 Å². The third-order valence-electron chi connectivity index (χ3n) is 4.07. The molecule has 2 nitrogen and oxygen atoms in total. The second-order valence-electron chi connectivity index (χ2n) is 4.89. The molecule has 0 radical (unpaired) electrons. The van der Waals surface area contributed by atoms with Crippen LogP contribution in [0.25, 0.3) is 0 Å². The Balaban J connectivity index is 1.90. The Morgan fingerprint density at radius 1 is 1.13 bits per heavy atom. The van der Waals surface area contributed by atoms with Crippen LogP contribution in [-0.4, -0.2) is 10.2 Å². The summed E-state index contributed by atoms with van der Waals surface area (Å²) >= 11 is 3.62. The number of hydrogen-bond acceptors (Lipinski definition) is 1. The van der Waals surface area contributed by atoms with Crippen LogP contribution < -0.4 is 0 Å². The summed E-state index contributed by atoms with van der Waals surface area (Å²) in [5, 5.41) is 8.83. The van der Waals surface area contributed by atoms with Crippen molar-refractivity contribution in [2.75, 3.05) is 0 Å². The summed E-state index contributed by atoms with van der Waals surface area (Å²) in [5.41, 5.74) is 4.27. The molecule has 1 aromatic heterocycles. The second-order valence-corrected chi connectivity index (χ2v) is 5.45. The lowest BCUT2D eigenvalue weighted by atomic mass is 9.78. The Morgan fingerprint density at radius 3 is 2.27 bits per heavy atom. The van der Waals surface area contributed by atoms with Gasteiger partial charge in [-0.1, -0.05) is 28.8 Å². The highest BCUT2D eigenvalue weighted by Gasteiger charge is 2.30. The first kappa shape index (κ1) is 9.88. The van der Waals surface area contributed by atoms with E-state index < -0.39 is 0 Å². The molecule has 82 valence electrons. The molecule has 2 saturated carbocycles. The topological polar surface area (TPSA) is 28.7 Å². The number of rotatable bonds is 3. The molecule has 0 unspecified atom stereocenters. The Morgan fingerprint density at radius 2 is 1.80 bits per heavy atom. The minimum absolute atomic E-state index is 0.752. The molecule has 0 aromatic carbocycles. The van der Waals surface area contributed by atoms with Gasteiger partial charge in [-0.15, -0.1) is 0 Å². The maximum Gasteiger partial charge on any atom is 0.0696 e. The fourth-order valence-corrected chi connectivity index (χ4v) is 3.18. The normalized spacial score (nSPS) is 22.5. The first-order valence-corrected chi connectivity index (χ1v) is 7.15. The maximum absolute atomic E-state index is 4.56. The van der Waals surface area contributed by atoms with E-state index in [9.17, 15) is 0 Å². The molecule has 2 aliphatic rings. The van der Waals surface area contributed by atoms with E-state index in [4.69, 9.17) is 0 Å². The molecule has 1 aromatic rings. The van der Waals surface area contributed by atoms with Gasteiger partial charge in [0, 0.05) is 28.4 Å². The molecule has 3 rings (SSSR count). The molecule has 2 fully saturated rings. The molecule has 1 N–H and O–H groups in total. The van der Waals surface area contributed by atoms with Crippen molar-refractivity contribution >= 4 is 15.9 Å². The van der Waals surface area contributed by atoms with Gasteiger partial charge in [0.2, 0.25) is 0 Å². The molecule has 0 spiro atoms. The smallest absolute Gasteiger partial charge is 0.0696 e. The summed E-state index contributed by atoms with van der Waals surface area (Å²) in [5.74, 6) is 1.53. The van der Waals surface area contributed by atoms with Gasteiger partial charge >= 0.3 is 0 Å². The summed E-state index contributed by atoms with van der Waals surface area (Å²) in [6.45, 7) is 0. The van der Waals surface area contributed by atoms with Crippen molar-refractivity contribution in [3.05, 3.63) is 17.0 Å². The van der Waals surface area contributed by atoms with E-state index in [1.54, 1.807) is 0 Å². The first-order chi connectivity index (χ1) is 7.40. The third-order valence-corrected chi connectivity index (χ3v) is 4.63. The SMILES string of the molecule is BrCc1c(C2CCC2)n[nH]c1C1CCC1. The summed E-state index contributed by atoms with van der Waals surface area (Å²) in [6.07, 6.45) is 8.17. The van der Waals surface area contributed by atoms with Gasteiger partial charge in [0.25, 0.3) is 0 Å². The zero-order chi connectivity index (χ0) is 10.3. The first-order valence-electron chi connectivity index (χ1n) is 6.03. The molecule has 15 heavy (non-hydrogen) atoms. The summed E-state index contributed by atoms with van der Waals surface area (Å²) in [7, 11) is 0. The number of alkyl halides is 1. The predicted octanol–water partition coefficient (Wildman–Crippen LogP) is 3.84. The van der Waals surface area contributed by atoms with Crippen LogP contribution in [0.15, 0.2) is 0 Å². The number of nitrogens with zero attached hydrogens (tertiary/aromatic N) is 1. The molecule has 3 heteroatoms. The molecular weight excluding hydrogens is 252 g/mol. The minimum atomic E-state index is 0.752. The van der Waals surface area contributed by atoms with Crippen LogP contribution in [-0.2, 0) is 5.33 Å². The van der Waals surface area contributed by atoms with Crippen molar-refractivity contribution < 1.29 is 0 Å². The zero-order valence-electron chi connectivity index (χ0n) is 8.93. The molecule has 0 amide bonds. The van der Waals surface area contributed by atoms with Crippen LogP contribution in [0.2, 0.25) is 0 Å². The molecule has 0 aliphatic heterocycles. The number of H-pyrrole nitrogens is 1. The third kappa shape index (κ3) is 1.55. The quantitative estimate of drug-likeness (QED) is 0.830. The molecule has 0 saturated heterocycles. The monoisotopic (exact) mass is 268 g/mol. The van der Waals surface area contributed by atoms with E-state index in [0.717, 1.165) is 17.2 Å². The lowest BCUT2D eigenvalue weighted by Gasteiger charge is -2.27. The van der Waals surface area contributed by atoms with Crippen molar-refractivity contribution in [3.63, 3.8) is 0 Å². The van der Waals surface area contributed by atoms with Crippen molar-refractivity contribution in [1.82, 2.24) is 10.2 Å². The highest BCUT2D eigenvalue weighted by Crippen LogP contribution is 2.43. The second kappa shape index (κ2) is 3.93. The highest BCUT2D eigenvalue weighted by atomic mass is 79.9. The fourth-order valence-electron chi connectivity index (χ4n) is 2.59. The predicted molar refractivity (Wildman–Crippen MR) is 64.4 cm³/mol. The average molecular weight is 269 g/mol. The van der Waals surface area contributed by atoms with Crippen molar-refractivity contribution in [3.8, 4) is 0 Å². The molecule has 2 aliphatic carbocycles. The van der Waals surface area contributed by atoms with Gasteiger partial charge in [-0.2, -0.15) is 5.10 Å². The number of aromatic nitrogens is 2. The van der Waals surface area contributed by atoms with E-state index in [-0.39, 0.29) is 0 Å². The van der Waals surface area contributed by atoms with Gasteiger partial charge in [-0.25, -0.2) is 0 Å². The van der Waals surface area contributed by atoms with Gasteiger partial charge < -0.3 is 0 Å². The van der Waals surface area contributed by atoms with Crippen LogP contribution in [0.5, 0.6) is 0 Å². The van der Waals surface area contributed by atoms with Crippen LogP contribution in [0.1, 0.15) is 67.3 Å².